The van der Waals surface area contributed by atoms with E-state index in [9.17, 15) is 15.2 Å². The van der Waals surface area contributed by atoms with Gasteiger partial charge in [-0.15, -0.1) is 11.3 Å². The number of aromatic nitrogens is 2. The minimum Gasteiger partial charge on any atom is -0.489 e. The molecule has 0 atom stereocenters. The Kier molecular flexibility index (Phi) is 15.9. The predicted octanol–water partition coefficient (Wildman–Crippen LogP) is 14.0. The molecule has 0 radical (unpaired) electrons. The number of anilines is 3. The normalized spacial score (nSPS) is 11.4. The van der Waals surface area contributed by atoms with Crippen LogP contribution in [-0.4, -0.2) is 33.0 Å². The molecule has 1 N–H and O–H groups in total. The van der Waals surface area contributed by atoms with Crippen LogP contribution in [0.3, 0.4) is 0 Å². The molecular formula is C48H52N4O4S2. The third kappa shape index (κ3) is 10.7. The molecule has 2 heterocycles. The number of carboxylic acid groups (broad SMARTS) is 1. The van der Waals surface area contributed by atoms with Crippen LogP contribution < -0.4 is 14.4 Å². The quantitative estimate of drug-likeness (QED) is 0.0387. The number of benzene rings is 4. The molecule has 0 aliphatic carbocycles. The highest BCUT2D eigenvalue weighted by Crippen LogP contribution is 2.52. The molecule has 4 aromatic carbocycles. The van der Waals surface area contributed by atoms with Crippen LogP contribution in [0.2, 0.25) is 0 Å². The summed E-state index contributed by atoms with van der Waals surface area (Å²) in [5, 5.41) is 19.0. The van der Waals surface area contributed by atoms with Gasteiger partial charge in [-0.2, -0.15) is 14.0 Å². The van der Waals surface area contributed by atoms with Crippen molar-refractivity contribution in [2.75, 3.05) is 18.1 Å². The van der Waals surface area contributed by atoms with Crippen molar-refractivity contribution in [1.29, 1.82) is 5.26 Å². The van der Waals surface area contributed by atoms with Gasteiger partial charge in [0.2, 0.25) is 0 Å². The van der Waals surface area contributed by atoms with Crippen molar-refractivity contribution in [1.82, 2.24) is 8.75 Å². The molecule has 6 rings (SSSR count). The number of unbranched alkanes of at least 4 members (excludes halogenated alkanes) is 10. The summed E-state index contributed by atoms with van der Waals surface area (Å²) in [6.07, 6.45) is 15.0. The number of carbonyl (C=O) groups is 1. The predicted molar refractivity (Wildman–Crippen MR) is 240 cm³/mol. The molecule has 10 heteroatoms. The van der Waals surface area contributed by atoms with Crippen LogP contribution in [0.15, 0.2) is 103 Å². The van der Waals surface area contributed by atoms with Gasteiger partial charge in [0.25, 0.3) is 0 Å². The van der Waals surface area contributed by atoms with Crippen molar-refractivity contribution in [2.24, 2.45) is 0 Å². The lowest BCUT2D eigenvalue weighted by atomic mass is 9.97. The monoisotopic (exact) mass is 812 g/mol. The van der Waals surface area contributed by atoms with E-state index in [0.717, 1.165) is 82.5 Å². The number of ether oxygens (including phenoxy) is 2. The van der Waals surface area contributed by atoms with Crippen molar-refractivity contribution in [3.8, 4) is 39.1 Å². The molecule has 0 bridgehead atoms. The van der Waals surface area contributed by atoms with E-state index in [2.05, 4.69) is 91.5 Å². The van der Waals surface area contributed by atoms with E-state index < -0.39 is 5.97 Å². The molecular weight excluding hydrogens is 761 g/mol. The average molecular weight is 813 g/mol. The van der Waals surface area contributed by atoms with Gasteiger partial charge in [-0.05, 0) is 73.0 Å². The second-order valence-electron chi connectivity index (χ2n) is 14.3. The van der Waals surface area contributed by atoms with E-state index in [1.165, 1.54) is 62.4 Å². The standard InChI is InChI=1S/C48H52N4O4S2/c1-3-5-7-9-11-19-31-55-46-42(35-25-27-39(28-26-35)52(37-21-15-13-16-22-37)38-23-17-14-18-24-38)44-45(51-58-50-44)43(47(46)56-32-20-12-10-8-6-4-2)41-30-29-40(57-41)33-36(34-49)48(53)54/h13-18,21-30,33H,3-12,19-20,31-32H2,1-2H3,(H,53,54)/b36-33-. The zero-order valence-electron chi connectivity index (χ0n) is 33.5. The maximum atomic E-state index is 11.7. The fraction of sp³-hybridized carbons (Fsp3) is 0.333. The number of para-hydroxylation sites is 2. The first kappa shape index (κ1) is 42.1. The molecule has 0 unspecified atom stereocenters. The summed E-state index contributed by atoms with van der Waals surface area (Å²) in [6, 6.07) is 34.8. The number of hydrogen-bond donors (Lipinski definition) is 1. The molecule has 0 aliphatic rings. The van der Waals surface area contributed by atoms with E-state index >= 15 is 0 Å². The van der Waals surface area contributed by atoms with Crippen LogP contribution in [0.4, 0.5) is 17.1 Å². The molecule has 0 fully saturated rings. The molecule has 2 aromatic heterocycles. The second kappa shape index (κ2) is 21.9. The van der Waals surface area contributed by atoms with Gasteiger partial charge >= 0.3 is 5.97 Å². The number of carboxylic acids is 1. The van der Waals surface area contributed by atoms with Gasteiger partial charge in [0.05, 0.1) is 36.1 Å². The average Bonchev–Trinajstić information content (AvgIpc) is 3.93. The van der Waals surface area contributed by atoms with Gasteiger partial charge < -0.3 is 19.5 Å². The highest BCUT2D eigenvalue weighted by molar-refractivity contribution is 7.16. The fourth-order valence-corrected chi connectivity index (χ4v) is 8.63. The minimum absolute atomic E-state index is 0.326. The zero-order chi connectivity index (χ0) is 40.5. The summed E-state index contributed by atoms with van der Waals surface area (Å²) in [7, 11) is 0. The Morgan fingerprint density at radius 2 is 1.17 bits per heavy atom. The lowest BCUT2D eigenvalue weighted by molar-refractivity contribution is -0.132. The van der Waals surface area contributed by atoms with Crippen LogP contribution in [0.25, 0.3) is 38.7 Å². The Morgan fingerprint density at radius 3 is 1.71 bits per heavy atom. The maximum Gasteiger partial charge on any atom is 0.346 e. The van der Waals surface area contributed by atoms with E-state index in [0.29, 0.717) is 40.6 Å². The third-order valence-electron chi connectivity index (χ3n) is 10.1. The SMILES string of the molecule is CCCCCCCCOc1c(OCCCCCCCC)c(-c2ccc(/C=C(/C#N)C(=O)O)s2)c2nsnc2c1-c1ccc(N(c2ccccc2)c2ccccc2)cc1. The van der Waals surface area contributed by atoms with Gasteiger partial charge in [-0.3, -0.25) is 0 Å². The Hall–Kier alpha value is -5.50. The summed E-state index contributed by atoms with van der Waals surface area (Å²) in [4.78, 5) is 15.4. The number of rotatable bonds is 23. The van der Waals surface area contributed by atoms with Crippen molar-refractivity contribution in [2.45, 2.75) is 90.9 Å². The number of aliphatic carboxylic acids is 1. The Bertz CT molecular complexity index is 2240. The lowest BCUT2D eigenvalue weighted by Gasteiger charge is -2.26. The third-order valence-corrected chi connectivity index (χ3v) is 11.6. The highest BCUT2D eigenvalue weighted by atomic mass is 32.1. The number of thiophene rings is 1. The zero-order valence-corrected chi connectivity index (χ0v) is 35.1. The highest BCUT2D eigenvalue weighted by Gasteiger charge is 2.28. The topological polar surface area (TPSA) is 109 Å². The second-order valence-corrected chi connectivity index (χ2v) is 16.0. The Labute approximate surface area is 350 Å². The van der Waals surface area contributed by atoms with Crippen LogP contribution in [0.5, 0.6) is 11.5 Å². The number of fused-ring (bicyclic) bond motifs is 1. The molecule has 6 aromatic rings. The van der Waals surface area contributed by atoms with E-state index in [4.69, 9.17) is 18.2 Å². The van der Waals surface area contributed by atoms with Gasteiger partial charge in [0.15, 0.2) is 11.5 Å². The molecule has 0 amide bonds. The summed E-state index contributed by atoms with van der Waals surface area (Å²) in [6.45, 7) is 5.48. The van der Waals surface area contributed by atoms with Gasteiger partial charge in [0.1, 0.15) is 22.7 Å². The molecule has 0 spiro atoms. The van der Waals surface area contributed by atoms with Crippen LogP contribution in [0.1, 0.15) is 95.8 Å². The first-order valence-corrected chi connectivity index (χ1v) is 22.1. The van der Waals surface area contributed by atoms with Crippen LogP contribution in [0, 0.1) is 11.3 Å². The Morgan fingerprint density at radius 1 is 0.672 bits per heavy atom. The number of nitriles is 1. The number of hydrogen-bond acceptors (Lipinski definition) is 9. The summed E-state index contributed by atoms with van der Waals surface area (Å²) in [5.74, 6) is -0.00717. The minimum atomic E-state index is -1.26. The molecule has 8 nitrogen and oxygen atoms in total. The maximum absolute atomic E-state index is 11.7. The van der Waals surface area contributed by atoms with Gasteiger partial charge in [-0.1, -0.05) is 127 Å². The summed E-state index contributed by atoms with van der Waals surface area (Å²) >= 11 is 2.54. The first-order chi connectivity index (χ1) is 28.5. The van der Waals surface area contributed by atoms with Crippen molar-refractivity contribution < 1.29 is 19.4 Å². The summed E-state index contributed by atoms with van der Waals surface area (Å²) < 4.78 is 23.5. The van der Waals surface area contributed by atoms with Crippen LogP contribution >= 0.6 is 23.1 Å². The van der Waals surface area contributed by atoms with Gasteiger partial charge in [0, 0.05) is 26.8 Å². The van der Waals surface area contributed by atoms with Crippen molar-refractivity contribution in [3.63, 3.8) is 0 Å². The first-order valence-electron chi connectivity index (χ1n) is 20.6. The molecule has 0 aliphatic heterocycles. The molecule has 0 saturated carbocycles. The number of nitrogens with zero attached hydrogens (tertiary/aromatic N) is 4. The summed E-state index contributed by atoms with van der Waals surface area (Å²) in [5.41, 5.74) is 6.75. The molecule has 0 saturated heterocycles. The smallest absolute Gasteiger partial charge is 0.346 e. The molecule has 58 heavy (non-hydrogen) atoms. The lowest BCUT2D eigenvalue weighted by Crippen LogP contribution is -2.09. The Balaban J connectivity index is 1.47. The van der Waals surface area contributed by atoms with Crippen molar-refractivity contribution >= 4 is 63.2 Å². The van der Waals surface area contributed by atoms with E-state index in [1.807, 2.05) is 24.3 Å². The van der Waals surface area contributed by atoms with Crippen molar-refractivity contribution in [3.05, 3.63) is 108 Å². The fourth-order valence-electron chi connectivity index (χ4n) is 7.07. The van der Waals surface area contributed by atoms with Crippen LogP contribution in [-0.2, 0) is 4.79 Å². The van der Waals surface area contributed by atoms with Gasteiger partial charge in [-0.25, -0.2) is 4.79 Å². The largest absolute Gasteiger partial charge is 0.489 e. The van der Waals surface area contributed by atoms with E-state index in [1.54, 1.807) is 6.07 Å². The molecule has 300 valence electrons. The van der Waals surface area contributed by atoms with E-state index in [-0.39, 0.29) is 5.57 Å².